The monoisotopic (exact) mass is 339 g/mol. The first-order chi connectivity index (χ1) is 12.1. The molecule has 1 fully saturated rings. The number of aromatic nitrogens is 2. The zero-order valence-electron chi connectivity index (χ0n) is 14.9. The molecule has 3 rings (SSSR count). The predicted molar refractivity (Wildman–Crippen MR) is 98.3 cm³/mol. The Hall–Kier alpha value is -2.43. The zero-order valence-corrected chi connectivity index (χ0v) is 14.9. The molecule has 5 nitrogen and oxygen atoms in total. The number of carbonyl (C=O) groups excluding carboxylic acids is 1. The highest BCUT2D eigenvalue weighted by molar-refractivity contribution is 5.77. The van der Waals surface area contributed by atoms with E-state index in [1.54, 1.807) is 6.07 Å². The molecule has 1 aliphatic heterocycles. The molecular formula is C20H25N3O2. The summed E-state index contributed by atoms with van der Waals surface area (Å²) in [4.78, 5) is 32.0. The van der Waals surface area contributed by atoms with Crippen LogP contribution < -0.4 is 5.56 Å². The van der Waals surface area contributed by atoms with Crippen molar-refractivity contribution < 1.29 is 4.79 Å². The van der Waals surface area contributed by atoms with E-state index in [1.165, 1.54) is 4.57 Å². The Morgan fingerprint density at radius 3 is 2.68 bits per heavy atom. The SMILES string of the molecule is CCc1cc(=O)n(CC(=O)N2CCCCC2C)c(-c2ccccc2)n1. The lowest BCUT2D eigenvalue weighted by atomic mass is 10.0. The van der Waals surface area contributed by atoms with Crippen LogP contribution in [-0.2, 0) is 17.8 Å². The molecule has 0 N–H and O–H groups in total. The van der Waals surface area contributed by atoms with Gasteiger partial charge in [-0.1, -0.05) is 37.3 Å². The number of amides is 1. The van der Waals surface area contributed by atoms with Crippen LogP contribution in [0.4, 0.5) is 0 Å². The number of benzene rings is 1. The maximum absolute atomic E-state index is 12.8. The highest BCUT2D eigenvalue weighted by atomic mass is 16.2. The van der Waals surface area contributed by atoms with Gasteiger partial charge in [0.2, 0.25) is 5.91 Å². The summed E-state index contributed by atoms with van der Waals surface area (Å²) < 4.78 is 1.51. The number of likely N-dealkylation sites (tertiary alicyclic amines) is 1. The molecule has 1 unspecified atom stereocenters. The molecule has 0 radical (unpaired) electrons. The first-order valence-corrected chi connectivity index (χ1v) is 9.05. The Bertz CT molecular complexity index is 798. The van der Waals surface area contributed by atoms with E-state index < -0.39 is 0 Å². The fourth-order valence-electron chi connectivity index (χ4n) is 3.39. The van der Waals surface area contributed by atoms with E-state index in [2.05, 4.69) is 11.9 Å². The van der Waals surface area contributed by atoms with E-state index in [0.717, 1.165) is 37.1 Å². The molecule has 0 saturated carbocycles. The molecule has 1 saturated heterocycles. The van der Waals surface area contributed by atoms with E-state index in [0.29, 0.717) is 12.2 Å². The zero-order chi connectivity index (χ0) is 17.8. The van der Waals surface area contributed by atoms with Gasteiger partial charge < -0.3 is 4.90 Å². The van der Waals surface area contributed by atoms with Crippen LogP contribution in [0.3, 0.4) is 0 Å². The second kappa shape index (κ2) is 7.64. The van der Waals surface area contributed by atoms with Crippen LogP contribution >= 0.6 is 0 Å². The molecule has 0 bridgehead atoms. The van der Waals surface area contributed by atoms with Crippen LogP contribution in [0.25, 0.3) is 11.4 Å². The van der Waals surface area contributed by atoms with E-state index in [4.69, 9.17) is 0 Å². The Morgan fingerprint density at radius 1 is 1.24 bits per heavy atom. The van der Waals surface area contributed by atoms with Gasteiger partial charge in [-0.15, -0.1) is 0 Å². The van der Waals surface area contributed by atoms with Crippen LogP contribution in [0.5, 0.6) is 0 Å². The summed E-state index contributed by atoms with van der Waals surface area (Å²) in [6, 6.07) is 11.4. The second-order valence-electron chi connectivity index (χ2n) is 6.65. The van der Waals surface area contributed by atoms with Crippen LogP contribution in [0.2, 0.25) is 0 Å². The number of piperidine rings is 1. The third-order valence-corrected chi connectivity index (χ3v) is 4.87. The minimum absolute atomic E-state index is 0.00229. The molecular weight excluding hydrogens is 314 g/mol. The number of nitrogens with zero attached hydrogens (tertiary/aromatic N) is 3. The van der Waals surface area contributed by atoms with Crippen molar-refractivity contribution in [2.45, 2.75) is 52.1 Å². The van der Waals surface area contributed by atoms with E-state index in [-0.39, 0.29) is 24.1 Å². The Morgan fingerprint density at radius 2 is 2.00 bits per heavy atom. The van der Waals surface area contributed by atoms with Crippen molar-refractivity contribution in [3.05, 3.63) is 52.4 Å². The average molecular weight is 339 g/mol. The molecule has 2 heterocycles. The Balaban J connectivity index is 1.97. The number of carbonyl (C=O) groups is 1. The summed E-state index contributed by atoms with van der Waals surface area (Å²) >= 11 is 0. The molecule has 25 heavy (non-hydrogen) atoms. The van der Waals surface area contributed by atoms with Gasteiger partial charge >= 0.3 is 0 Å². The fraction of sp³-hybridized carbons (Fsp3) is 0.450. The normalized spacial score (nSPS) is 17.5. The standard InChI is InChI=1S/C20H25N3O2/c1-3-17-13-18(24)23(20(21-17)16-10-5-4-6-11-16)14-19(25)22-12-8-7-9-15(22)2/h4-6,10-11,13,15H,3,7-9,12,14H2,1-2H3. The quantitative estimate of drug-likeness (QED) is 0.861. The molecule has 0 spiro atoms. The lowest BCUT2D eigenvalue weighted by Crippen LogP contribution is -2.45. The summed E-state index contributed by atoms with van der Waals surface area (Å²) in [7, 11) is 0. The maximum atomic E-state index is 12.8. The van der Waals surface area contributed by atoms with Crippen molar-refractivity contribution in [3.8, 4) is 11.4 Å². The molecule has 1 aliphatic rings. The molecule has 5 heteroatoms. The highest BCUT2D eigenvalue weighted by Gasteiger charge is 2.24. The number of hydrogen-bond acceptors (Lipinski definition) is 3. The van der Waals surface area contributed by atoms with E-state index in [1.807, 2.05) is 42.2 Å². The highest BCUT2D eigenvalue weighted by Crippen LogP contribution is 2.19. The van der Waals surface area contributed by atoms with Gasteiger partial charge in [0.05, 0.1) is 0 Å². The summed E-state index contributed by atoms with van der Waals surface area (Å²) in [5, 5.41) is 0. The molecule has 1 atom stereocenters. The lowest BCUT2D eigenvalue weighted by molar-refractivity contribution is -0.135. The predicted octanol–water partition coefficient (Wildman–Crippen LogP) is 2.87. The third-order valence-electron chi connectivity index (χ3n) is 4.87. The first kappa shape index (κ1) is 17.4. The van der Waals surface area contributed by atoms with Crippen LogP contribution in [0, 0.1) is 0 Å². The molecule has 0 aliphatic carbocycles. The van der Waals surface area contributed by atoms with Crippen LogP contribution in [0.15, 0.2) is 41.2 Å². The van der Waals surface area contributed by atoms with Gasteiger partial charge in [-0.3, -0.25) is 14.2 Å². The number of aryl methyl sites for hydroxylation is 1. The fourth-order valence-corrected chi connectivity index (χ4v) is 3.39. The Labute approximate surface area is 148 Å². The molecule has 1 amide bonds. The minimum Gasteiger partial charge on any atom is -0.338 e. The van der Waals surface area contributed by atoms with Gasteiger partial charge in [-0.05, 0) is 32.6 Å². The molecule has 1 aromatic carbocycles. The van der Waals surface area contributed by atoms with Crippen molar-refractivity contribution in [2.75, 3.05) is 6.54 Å². The van der Waals surface area contributed by atoms with Gasteiger partial charge in [-0.25, -0.2) is 4.98 Å². The molecule has 2 aromatic rings. The van der Waals surface area contributed by atoms with Gasteiger partial charge in [0.25, 0.3) is 5.56 Å². The first-order valence-electron chi connectivity index (χ1n) is 9.05. The molecule has 1 aromatic heterocycles. The van der Waals surface area contributed by atoms with Gasteiger partial charge in [0.15, 0.2) is 0 Å². The number of hydrogen-bond donors (Lipinski definition) is 0. The maximum Gasteiger partial charge on any atom is 0.254 e. The van der Waals surface area contributed by atoms with Gasteiger partial charge in [0, 0.05) is 29.9 Å². The summed E-state index contributed by atoms with van der Waals surface area (Å²) in [6.45, 7) is 4.87. The minimum atomic E-state index is -0.163. The van der Waals surface area contributed by atoms with Gasteiger partial charge in [-0.2, -0.15) is 0 Å². The summed E-state index contributed by atoms with van der Waals surface area (Å²) in [5.74, 6) is 0.570. The van der Waals surface area contributed by atoms with Crippen molar-refractivity contribution in [2.24, 2.45) is 0 Å². The van der Waals surface area contributed by atoms with Crippen LogP contribution in [0.1, 0.15) is 38.8 Å². The Kier molecular flexibility index (Phi) is 5.31. The summed E-state index contributed by atoms with van der Waals surface area (Å²) in [6.07, 6.45) is 3.91. The smallest absolute Gasteiger partial charge is 0.254 e. The van der Waals surface area contributed by atoms with Crippen molar-refractivity contribution in [1.82, 2.24) is 14.5 Å². The van der Waals surface area contributed by atoms with E-state index >= 15 is 0 Å². The second-order valence-corrected chi connectivity index (χ2v) is 6.65. The van der Waals surface area contributed by atoms with Crippen molar-refractivity contribution in [3.63, 3.8) is 0 Å². The lowest BCUT2D eigenvalue weighted by Gasteiger charge is -2.33. The number of rotatable bonds is 4. The average Bonchev–Trinajstić information content (AvgIpc) is 2.64. The van der Waals surface area contributed by atoms with Crippen LogP contribution in [-0.4, -0.2) is 32.9 Å². The third kappa shape index (κ3) is 3.81. The molecule has 132 valence electrons. The van der Waals surface area contributed by atoms with Crippen molar-refractivity contribution >= 4 is 5.91 Å². The van der Waals surface area contributed by atoms with Crippen molar-refractivity contribution in [1.29, 1.82) is 0 Å². The van der Waals surface area contributed by atoms with Gasteiger partial charge in [0.1, 0.15) is 12.4 Å². The summed E-state index contributed by atoms with van der Waals surface area (Å²) in [5.41, 5.74) is 1.44. The largest absolute Gasteiger partial charge is 0.338 e. The topological polar surface area (TPSA) is 55.2 Å². The van der Waals surface area contributed by atoms with E-state index in [9.17, 15) is 9.59 Å².